The lowest BCUT2D eigenvalue weighted by atomic mass is 9.80. The van der Waals surface area contributed by atoms with Crippen LogP contribution < -0.4 is 5.32 Å². The molecule has 6 heteroatoms. The summed E-state index contributed by atoms with van der Waals surface area (Å²) in [4.78, 5) is 0. The number of hydrogen-bond donors (Lipinski definition) is 1. The molecule has 4 nitrogen and oxygen atoms in total. The average molecular weight is 299 g/mol. The van der Waals surface area contributed by atoms with Crippen LogP contribution in [0.5, 0.6) is 0 Å². The lowest BCUT2D eigenvalue weighted by Gasteiger charge is -2.40. The van der Waals surface area contributed by atoms with E-state index in [2.05, 4.69) is 27.2 Å². The Bertz CT molecular complexity index is 393. The van der Waals surface area contributed by atoms with Gasteiger partial charge < -0.3 is 10.1 Å². The third-order valence-corrected chi connectivity index (χ3v) is 5.94. The van der Waals surface area contributed by atoms with E-state index >= 15 is 0 Å². The van der Waals surface area contributed by atoms with Crippen molar-refractivity contribution in [1.29, 1.82) is 0 Å². The minimum absolute atomic E-state index is 0.144. The second kappa shape index (κ2) is 6.08. The molecule has 3 atom stereocenters. The van der Waals surface area contributed by atoms with E-state index < -0.39 is 0 Å². The molecular weight excluding hydrogens is 278 g/mol. The topological polar surface area (TPSA) is 47.0 Å². The van der Waals surface area contributed by atoms with Crippen LogP contribution in [0.4, 0.5) is 0 Å². The highest BCUT2D eigenvalue weighted by Gasteiger charge is 2.43. The van der Waals surface area contributed by atoms with Crippen molar-refractivity contribution < 1.29 is 4.74 Å². The highest BCUT2D eigenvalue weighted by molar-refractivity contribution is 7.99. The van der Waals surface area contributed by atoms with E-state index in [-0.39, 0.29) is 5.60 Å². The molecule has 3 rings (SSSR count). The number of hydrogen-bond acceptors (Lipinski definition) is 6. The Kier molecular flexibility index (Phi) is 4.41. The summed E-state index contributed by atoms with van der Waals surface area (Å²) in [5, 5.41) is 9.97. The third kappa shape index (κ3) is 2.96. The lowest BCUT2D eigenvalue weighted by Crippen LogP contribution is -2.43. The number of ether oxygens (including phenoxy) is 1. The molecule has 0 aromatic carbocycles. The van der Waals surface area contributed by atoms with Gasteiger partial charge in [-0.2, -0.15) is 11.8 Å². The molecule has 1 spiro atoms. The monoisotopic (exact) mass is 299 g/mol. The Morgan fingerprint density at radius 3 is 3.26 bits per heavy atom. The summed E-state index contributed by atoms with van der Waals surface area (Å²) >= 11 is 3.48. The summed E-state index contributed by atoms with van der Waals surface area (Å²) in [6.07, 6.45) is 3.50. The van der Waals surface area contributed by atoms with Crippen LogP contribution in [-0.4, -0.2) is 39.8 Å². The smallest absolute Gasteiger partial charge is 0.0927 e. The van der Waals surface area contributed by atoms with Gasteiger partial charge in [0.15, 0.2) is 0 Å². The Labute approximate surface area is 122 Å². The maximum absolute atomic E-state index is 6.12. The first-order valence-corrected chi connectivity index (χ1v) is 9.04. The van der Waals surface area contributed by atoms with Gasteiger partial charge in [0.25, 0.3) is 0 Å². The summed E-state index contributed by atoms with van der Waals surface area (Å²) in [6, 6.07) is 0.343. The molecule has 1 aromatic heterocycles. The SMILES string of the molecule is CCNC(c1csnn1)C1CCOC2(CCSC2)C1. The Balaban J connectivity index is 1.74. The highest BCUT2D eigenvalue weighted by atomic mass is 32.2. The fourth-order valence-electron chi connectivity index (χ4n) is 3.25. The van der Waals surface area contributed by atoms with Gasteiger partial charge in [-0.25, -0.2) is 0 Å². The molecule has 0 radical (unpaired) electrons. The first-order chi connectivity index (χ1) is 9.33. The molecule has 0 amide bonds. The maximum Gasteiger partial charge on any atom is 0.0927 e. The van der Waals surface area contributed by atoms with Gasteiger partial charge in [0.2, 0.25) is 0 Å². The molecule has 2 fully saturated rings. The van der Waals surface area contributed by atoms with Gasteiger partial charge >= 0.3 is 0 Å². The molecule has 0 aliphatic carbocycles. The number of rotatable bonds is 4. The first kappa shape index (κ1) is 13.8. The van der Waals surface area contributed by atoms with E-state index in [0.717, 1.165) is 37.4 Å². The van der Waals surface area contributed by atoms with E-state index in [0.29, 0.717) is 12.0 Å². The van der Waals surface area contributed by atoms with Crippen molar-refractivity contribution in [2.75, 3.05) is 24.7 Å². The maximum atomic E-state index is 6.12. The van der Waals surface area contributed by atoms with Crippen molar-refractivity contribution in [3.8, 4) is 0 Å². The summed E-state index contributed by atoms with van der Waals surface area (Å²) in [5.74, 6) is 3.03. The summed E-state index contributed by atoms with van der Waals surface area (Å²) in [6.45, 7) is 4.03. The van der Waals surface area contributed by atoms with Crippen LogP contribution in [-0.2, 0) is 4.74 Å². The molecule has 19 heavy (non-hydrogen) atoms. The molecule has 3 unspecified atom stereocenters. The molecule has 2 saturated heterocycles. The fraction of sp³-hybridized carbons (Fsp3) is 0.846. The van der Waals surface area contributed by atoms with Crippen molar-refractivity contribution in [1.82, 2.24) is 14.9 Å². The van der Waals surface area contributed by atoms with Crippen molar-refractivity contribution in [2.45, 2.75) is 37.8 Å². The van der Waals surface area contributed by atoms with Crippen LogP contribution in [0.1, 0.15) is 37.9 Å². The molecule has 3 heterocycles. The zero-order chi connectivity index (χ0) is 13.1. The third-order valence-electron chi connectivity index (χ3n) is 4.19. The quantitative estimate of drug-likeness (QED) is 0.925. The van der Waals surface area contributed by atoms with Crippen LogP contribution in [0.15, 0.2) is 5.38 Å². The van der Waals surface area contributed by atoms with Gasteiger partial charge in [-0.1, -0.05) is 11.4 Å². The van der Waals surface area contributed by atoms with E-state index in [4.69, 9.17) is 4.74 Å². The number of thioether (sulfide) groups is 1. The molecule has 1 N–H and O–H groups in total. The number of aromatic nitrogens is 2. The summed E-state index contributed by atoms with van der Waals surface area (Å²) in [5.41, 5.74) is 1.25. The van der Waals surface area contributed by atoms with Crippen LogP contribution in [0.3, 0.4) is 0 Å². The first-order valence-electron chi connectivity index (χ1n) is 7.05. The van der Waals surface area contributed by atoms with Crippen LogP contribution >= 0.6 is 23.3 Å². The molecular formula is C13H21N3OS2. The highest BCUT2D eigenvalue weighted by Crippen LogP contribution is 2.43. The lowest BCUT2D eigenvalue weighted by molar-refractivity contribution is -0.0855. The van der Waals surface area contributed by atoms with Crippen LogP contribution in [0, 0.1) is 5.92 Å². The van der Waals surface area contributed by atoms with E-state index in [1.165, 1.54) is 23.7 Å². The van der Waals surface area contributed by atoms with Gasteiger partial charge in [0.1, 0.15) is 0 Å². The number of nitrogens with zero attached hydrogens (tertiary/aromatic N) is 2. The average Bonchev–Trinajstić information content (AvgIpc) is 3.08. The minimum atomic E-state index is 0.144. The Morgan fingerprint density at radius 2 is 2.58 bits per heavy atom. The van der Waals surface area contributed by atoms with Gasteiger partial charge in [0.05, 0.1) is 17.3 Å². The molecule has 106 valence electrons. The van der Waals surface area contributed by atoms with Gasteiger partial charge in [0, 0.05) is 17.7 Å². The fourth-order valence-corrected chi connectivity index (χ4v) is 5.12. The molecule has 2 aliphatic heterocycles. The molecule has 0 bridgehead atoms. The van der Waals surface area contributed by atoms with Crippen molar-refractivity contribution >= 4 is 23.3 Å². The molecule has 0 saturated carbocycles. The second-order valence-corrected chi connectivity index (χ2v) is 7.17. The second-order valence-electron chi connectivity index (χ2n) is 5.45. The minimum Gasteiger partial charge on any atom is -0.374 e. The summed E-state index contributed by atoms with van der Waals surface area (Å²) < 4.78 is 10.1. The van der Waals surface area contributed by atoms with Crippen LogP contribution in [0.25, 0.3) is 0 Å². The molecule has 2 aliphatic rings. The van der Waals surface area contributed by atoms with Crippen molar-refractivity contribution in [3.63, 3.8) is 0 Å². The Morgan fingerprint density at radius 1 is 1.63 bits per heavy atom. The summed E-state index contributed by atoms with van der Waals surface area (Å²) in [7, 11) is 0. The number of nitrogens with one attached hydrogen (secondary N) is 1. The normalized spacial score (nSPS) is 32.8. The zero-order valence-corrected chi connectivity index (χ0v) is 12.9. The Hall–Kier alpha value is -0.170. The van der Waals surface area contributed by atoms with Crippen molar-refractivity contribution in [3.05, 3.63) is 11.1 Å². The van der Waals surface area contributed by atoms with Gasteiger partial charge in [-0.15, -0.1) is 5.10 Å². The zero-order valence-electron chi connectivity index (χ0n) is 11.3. The van der Waals surface area contributed by atoms with Crippen molar-refractivity contribution in [2.24, 2.45) is 5.92 Å². The predicted molar refractivity (Wildman–Crippen MR) is 79.7 cm³/mol. The molecule has 1 aromatic rings. The largest absolute Gasteiger partial charge is 0.374 e. The van der Waals surface area contributed by atoms with E-state index in [1.807, 2.05) is 11.8 Å². The standard InChI is InChI=1S/C13H21N3OS2/c1-2-14-12(11-8-19-16-15-11)10-3-5-17-13(7-10)4-6-18-9-13/h8,10,12,14H,2-7,9H2,1H3. The van der Waals surface area contributed by atoms with E-state index in [1.54, 1.807) is 0 Å². The van der Waals surface area contributed by atoms with Crippen LogP contribution in [0.2, 0.25) is 0 Å². The van der Waals surface area contributed by atoms with Gasteiger partial charge in [-0.3, -0.25) is 0 Å². The van der Waals surface area contributed by atoms with Gasteiger partial charge in [-0.05, 0) is 49.0 Å². The van der Waals surface area contributed by atoms with E-state index in [9.17, 15) is 0 Å². The predicted octanol–water partition coefficient (Wildman–Crippen LogP) is 2.49.